The van der Waals surface area contributed by atoms with Gasteiger partial charge >= 0.3 is 0 Å². The minimum Gasteiger partial charge on any atom is -0.492 e. The molecule has 7 heteroatoms. The van der Waals surface area contributed by atoms with Gasteiger partial charge in [0.15, 0.2) is 5.65 Å². The maximum atomic E-state index is 13.1. The number of aromatic nitrogens is 3. The van der Waals surface area contributed by atoms with E-state index in [-0.39, 0.29) is 5.91 Å². The van der Waals surface area contributed by atoms with Crippen molar-refractivity contribution in [2.75, 3.05) is 31.6 Å². The number of amides is 1. The molecule has 1 saturated heterocycles. The first-order valence-corrected chi connectivity index (χ1v) is 11.3. The maximum Gasteiger partial charge on any atom is 0.256 e. The van der Waals surface area contributed by atoms with E-state index in [1.54, 1.807) is 10.9 Å². The van der Waals surface area contributed by atoms with Crippen LogP contribution in [0.2, 0.25) is 0 Å². The second kappa shape index (κ2) is 8.67. The minimum absolute atomic E-state index is 0.138. The van der Waals surface area contributed by atoms with E-state index in [0.717, 1.165) is 47.6 Å². The molecular weight excluding hydrogens is 390 g/mol. The van der Waals surface area contributed by atoms with Gasteiger partial charge in [-0.1, -0.05) is 6.42 Å². The van der Waals surface area contributed by atoms with E-state index in [4.69, 9.17) is 9.72 Å². The van der Waals surface area contributed by atoms with Crippen LogP contribution in [0.5, 0.6) is 5.75 Å². The summed E-state index contributed by atoms with van der Waals surface area (Å²) in [4.78, 5) is 20.2. The zero-order valence-electron chi connectivity index (χ0n) is 18.0. The predicted octanol–water partition coefficient (Wildman–Crippen LogP) is 3.96. The Morgan fingerprint density at radius 1 is 1.16 bits per heavy atom. The molecule has 162 valence electrons. The molecule has 1 saturated carbocycles. The number of carbonyl (C=O) groups excluding carboxylic acids is 1. The normalized spacial score (nSPS) is 17.1. The maximum absolute atomic E-state index is 13.1. The minimum atomic E-state index is -0.138. The smallest absolute Gasteiger partial charge is 0.256 e. The highest BCUT2D eigenvalue weighted by Crippen LogP contribution is 2.40. The molecule has 2 fully saturated rings. The van der Waals surface area contributed by atoms with Crippen molar-refractivity contribution in [2.45, 2.75) is 38.0 Å². The molecule has 1 amide bonds. The van der Waals surface area contributed by atoms with Crippen molar-refractivity contribution >= 4 is 22.6 Å². The summed E-state index contributed by atoms with van der Waals surface area (Å²) in [5.74, 6) is 1.15. The van der Waals surface area contributed by atoms with Crippen LogP contribution < -0.4 is 10.1 Å². The van der Waals surface area contributed by atoms with Gasteiger partial charge in [0.05, 0.1) is 17.1 Å². The number of piperidine rings is 1. The Morgan fingerprint density at radius 2 is 1.94 bits per heavy atom. The first-order chi connectivity index (χ1) is 15.2. The van der Waals surface area contributed by atoms with Crippen LogP contribution in [-0.4, -0.2) is 51.8 Å². The zero-order valence-corrected chi connectivity index (χ0v) is 18.0. The number of likely N-dealkylation sites (tertiary alicyclic amines) is 1. The number of hydrogen-bond donors (Lipinski definition) is 1. The van der Waals surface area contributed by atoms with E-state index in [1.165, 1.54) is 32.4 Å². The lowest BCUT2D eigenvalue weighted by molar-refractivity contribution is 0.102. The Hall–Kier alpha value is -2.93. The van der Waals surface area contributed by atoms with Crippen molar-refractivity contribution in [3.63, 3.8) is 0 Å². The van der Waals surface area contributed by atoms with Gasteiger partial charge in [-0.3, -0.25) is 14.4 Å². The van der Waals surface area contributed by atoms with Gasteiger partial charge < -0.3 is 10.1 Å². The lowest BCUT2D eigenvalue weighted by Crippen LogP contribution is -2.33. The topological polar surface area (TPSA) is 72.3 Å². The Balaban J connectivity index is 1.23. The molecule has 2 aromatic heterocycles. The average molecular weight is 420 g/mol. The van der Waals surface area contributed by atoms with Gasteiger partial charge in [-0.25, -0.2) is 4.98 Å². The summed E-state index contributed by atoms with van der Waals surface area (Å²) in [6.45, 7) is 4.00. The van der Waals surface area contributed by atoms with E-state index in [1.807, 2.05) is 37.4 Å². The van der Waals surface area contributed by atoms with Crippen molar-refractivity contribution in [1.82, 2.24) is 19.7 Å². The quantitative estimate of drug-likeness (QED) is 0.628. The van der Waals surface area contributed by atoms with E-state index < -0.39 is 0 Å². The van der Waals surface area contributed by atoms with Gasteiger partial charge in [0, 0.05) is 30.9 Å². The molecule has 3 heterocycles. The number of ether oxygens (including phenoxy) is 1. The molecular formula is C24H29N5O2. The molecule has 31 heavy (non-hydrogen) atoms. The van der Waals surface area contributed by atoms with Crippen molar-refractivity contribution in [3.8, 4) is 5.75 Å². The van der Waals surface area contributed by atoms with Crippen LogP contribution in [0.25, 0.3) is 11.0 Å². The Labute approximate surface area is 182 Å². The summed E-state index contributed by atoms with van der Waals surface area (Å²) < 4.78 is 7.62. The predicted molar refractivity (Wildman–Crippen MR) is 121 cm³/mol. The molecule has 0 unspecified atom stereocenters. The lowest BCUT2D eigenvalue weighted by Gasteiger charge is -2.26. The van der Waals surface area contributed by atoms with E-state index in [0.29, 0.717) is 18.1 Å². The van der Waals surface area contributed by atoms with Gasteiger partial charge in [-0.05, 0) is 69.1 Å². The molecule has 1 aromatic carbocycles. The molecule has 0 bridgehead atoms. The number of rotatable bonds is 7. The van der Waals surface area contributed by atoms with Gasteiger partial charge in [0.2, 0.25) is 0 Å². The van der Waals surface area contributed by atoms with Crippen molar-refractivity contribution in [2.24, 2.45) is 7.05 Å². The third kappa shape index (κ3) is 4.56. The summed E-state index contributed by atoms with van der Waals surface area (Å²) >= 11 is 0. The highest BCUT2D eigenvalue weighted by Gasteiger charge is 2.27. The number of pyridine rings is 1. The van der Waals surface area contributed by atoms with Gasteiger partial charge in [0.1, 0.15) is 12.4 Å². The van der Waals surface area contributed by atoms with Crippen LogP contribution in [0.1, 0.15) is 54.1 Å². The number of benzene rings is 1. The number of nitrogens with zero attached hydrogens (tertiary/aromatic N) is 4. The van der Waals surface area contributed by atoms with Gasteiger partial charge in [-0.15, -0.1) is 0 Å². The third-order valence-electron chi connectivity index (χ3n) is 6.20. The lowest BCUT2D eigenvalue weighted by atomic mass is 10.1. The summed E-state index contributed by atoms with van der Waals surface area (Å²) in [5, 5.41) is 8.09. The monoisotopic (exact) mass is 419 g/mol. The van der Waals surface area contributed by atoms with Crippen LogP contribution in [0.3, 0.4) is 0 Å². The average Bonchev–Trinajstić information content (AvgIpc) is 3.58. The fraction of sp³-hybridized carbons (Fsp3) is 0.458. The summed E-state index contributed by atoms with van der Waals surface area (Å²) in [7, 11) is 1.86. The summed E-state index contributed by atoms with van der Waals surface area (Å²) in [6.07, 6.45) is 7.91. The SMILES string of the molecule is Cn1ncc2c(C(=O)Nc3ccc(OCCN4CCCCC4)cc3)cc(C3CC3)nc21. The number of fused-ring (bicyclic) bond motifs is 1. The molecule has 1 aliphatic heterocycles. The Morgan fingerprint density at radius 3 is 2.68 bits per heavy atom. The van der Waals surface area contributed by atoms with Crippen molar-refractivity contribution < 1.29 is 9.53 Å². The first-order valence-electron chi connectivity index (χ1n) is 11.3. The Bertz CT molecular complexity index is 1070. The number of anilines is 1. The molecule has 5 rings (SSSR count). The number of carbonyl (C=O) groups is 1. The third-order valence-corrected chi connectivity index (χ3v) is 6.20. The van der Waals surface area contributed by atoms with Gasteiger partial charge in [0.25, 0.3) is 5.91 Å². The van der Waals surface area contributed by atoms with Gasteiger partial charge in [-0.2, -0.15) is 5.10 Å². The van der Waals surface area contributed by atoms with Crippen molar-refractivity contribution in [3.05, 3.63) is 47.8 Å². The first kappa shape index (κ1) is 20.0. The fourth-order valence-corrected chi connectivity index (χ4v) is 4.22. The van der Waals surface area contributed by atoms with Crippen LogP contribution in [0, 0.1) is 0 Å². The highest BCUT2D eigenvalue weighted by atomic mass is 16.5. The highest BCUT2D eigenvalue weighted by molar-refractivity contribution is 6.12. The number of nitrogens with one attached hydrogen (secondary N) is 1. The van der Waals surface area contributed by atoms with Crippen LogP contribution in [-0.2, 0) is 7.05 Å². The second-order valence-electron chi connectivity index (χ2n) is 8.60. The van der Waals surface area contributed by atoms with Crippen molar-refractivity contribution in [1.29, 1.82) is 0 Å². The van der Waals surface area contributed by atoms with Crippen LogP contribution in [0.15, 0.2) is 36.5 Å². The molecule has 1 N–H and O–H groups in total. The molecule has 2 aliphatic rings. The second-order valence-corrected chi connectivity index (χ2v) is 8.60. The zero-order chi connectivity index (χ0) is 21.2. The fourth-order valence-electron chi connectivity index (χ4n) is 4.22. The van der Waals surface area contributed by atoms with Crippen LogP contribution >= 0.6 is 0 Å². The largest absolute Gasteiger partial charge is 0.492 e. The molecule has 1 aliphatic carbocycles. The Kier molecular flexibility index (Phi) is 5.59. The number of aryl methyl sites for hydroxylation is 1. The molecule has 3 aromatic rings. The molecule has 0 atom stereocenters. The standard InChI is InChI=1S/C24H29N5O2/c1-28-23-21(16-25-28)20(15-22(27-23)17-5-6-17)24(30)26-18-7-9-19(10-8-18)31-14-13-29-11-3-2-4-12-29/h7-10,15-17H,2-6,11-14H2,1H3,(H,26,30). The molecule has 0 spiro atoms. The molecule has 7 nitrogen and oxygen atoms in total. The van der Waals surface area contributed by atoms with E-state index in [2.05, 4.69) is 15.3 Å². The van der Waals surface area contributed by atoms with E-state index in [9.17, 15) is 4.79 Å². The van der Waals surface area contributed by atoms with E-state index >= 15 is 0 Å². The number of hydrogen-bond acceptors (Lipinski definition) is 5. The molecule has 0 radical (unpaired) electrons. The van der Waals surface area contributed by atoms with Crippen LogP contribution in [0.4, 0.5) is 5.69 Å². The summed E-state index contributed by atoms with van der Waals surface area (Å²) in [5.41, 5.74) is 3.11. The summed E-state index contributed by atoms with van der Waals surface area (Å²) in [6, 6.07) is 9.52.